The molecule has 0 amide bonds. The third kappa shape index (κ3) is 6.25. The predicted octanol–water partition coefficient (Wildman–Crippen LogP) is 0.877. The molecule has 1 unspecified atom stereocenters. The highest BCUT2D eigenvalue weighted by molar-refractivity contribution is 5.68. The zero-order valence-corrected chi connectivity index (χ0v) is 18.4. The van der Waals surface area contributed by atoms with Crippen molar-refractivity contribution in [2.75, 3.05) is 13.4 Å². The quantitative estimate of drug-likeness (QED) is 0.414. The van der Waals surface area contributed by atoms with Gasteiger partial charge in [-0.05, 0) is 12.1 Å². The molecule has 5 atom stereocenters. The van der Waals surface area contributed by atoms with E-state index in [-0.39, 0.29) is 19.1 Å². The van der Waals surface area contributed by atoms with Crippen molar-refractivity contribution in [3.63, 3.8) is 0 Å². The van der Waals surface area contributed by atoms with Crippen molar-refractivity contribution in [3.05, 3.63) is 18.2 Å². The van der Waals surface area contributed by atoms with E-state index in [9.17, 15) is 19.2 Å². The molecule has 0 spiro atoms. The molecule has 1 fully saturated rings. The van der Waals surface area contributed by atoms with Crippen LogP contribution in [0, 0.1) is 0 Å². The van der Waals surface area contributed by atoms with Gasteiger partial charge < -0.3 is 37.9 Å². The number of ether oxygens (including phenoxy) is 8. The number of hydrogen-bond donors (Lipinski definition) is 0. The molecule has 0 aromatic heterocycles. The van der Waals surface area contributed by atoms with Gasteiger partial charge >= 0.3 is 23.9 Å². The van der Waals surface area contributed by atoms with Crippen LogP contribution in [-0.4, -0.2) is 68.0 Å². The molecule has 33 heavy (non-hydrogen) atoms. The second-order valence-corrected chi connectivity index (χ2v) is 7.20. The van der Waals surface area contributed by atoms with Gasteiger partial charge in [-0.25, -0.2) is 0 Å². The van der Waals surface area contributed by atoms with Crippen LogP contribution < -0.4 is 14.2 Å². The lowest BCUT2D eigenvalue weighted by Crippen LogP contribution is -2.63. The Morgan fingerprint density at radius 1 is 0.818 bits per heavy atom. The normalized spacial score (nSPS) is 25.5. The third-order valence-electron chi connectivity index (χ3n) is 4.54. The van der Waals surface area contributed by atoms with Gasteiger partial charge in [0.15, 0.2) is 23.7 Å². The van der Waals surface area contributed by atoms with Crippen molar-refractivity contribution in [1.82, 2.24) is 0 Å². The third-order valence-corrected chi connectivity index (χ3v) is 4.54. The van der Waals surface area contributed by atoms with Gasteiger partial charge in [-0.2, -0.15) is 0 Å². The summed E-state index contributed by atoms with van der Waals surface area (Å²) in [5, 5.41) is 0. The summed E-state index contributed by atoms with van der Waals surface area (Å²) in [5.74, 6) is -1.57. The highest BCUT2D eigenvalue weighted by atomic mass is 16.7. The number of carbonyl (C=O) groups excluding carboxylic acids is 4. The van der Waals surface area contributed by atoms with Crippen molar-refractivity contribution in [2.24, 2.45) is 0 Å². The van der Waals surface area contributed by atoms with Crippen molar-refractivity contribution in [2.45, 2.75) is 58.4 Å². The number of carbonyl (C=O) groups is 4. The van der Waals surface area contributed by atoms with Crippen LogP contribution in [0.3, 0.4) is 0 Å². The highest BCUT2D eigenvalue weighted by Gasteiger charge is 2.53. The fourth-order valence-corrected chi connectivity index (χ4v) is 3.37. The molecule has 1 saturated heterocycles. The van der Waals surface area contributed by atoms with Gasteiger partial charge in [0.2, 0.25) is 19.2 Å². The molecule has 0 N–H and O–H groups in total. The average molecular weight is 468 g/mol. The fraction of sp³-hybridized carbons (Fsp3) is 0.524. The molecule has 2 heterocycles. The number of hydrogen-bond acceptors (Lipinski definition) is 12. The van der Waals surface area contributed by atoms with Crippen molar-refractivity contribution < 1.29 is 57.1 Å². The standard InChI is InChI=1S/C21H24O12/c1-10(22)26-8-17-18(29-11(2)23)19(30-12(3)24)20(31-13(4)25)21(33-17)32-14-5-6-15-16(7-14)28-9-27-15/h5-7,17-21H,8-9H2,1-4H3/t17-,18-,19+,20-,21?/m1/s1. The van der Waals surface area contributed by atoms with E-state index in [1.54, 1.807) is 12.1 Å². The van der Waals surface area contributed by atoms with Gasteiger partial charge in [0.25, 0.3) is 0 Å². The van der Waals surface area contributed by atoms with Crippen LogP contribution in [0.15, 0.2) is 18.2 Å². The summed E-state index contributed by atoms with van der Waals surface area (Å²) < 4.78 is 43.4. The van der Waals surface area contributed by atoms with Gasteiger partial charge in [0.05, 0.1) is 0 Å². The second kappa shape index (κ2) is 10.4. The fourth-order valence-electron chi connectivity index (χ4n) is 3.37. The Hall–Kier alpha value is -3.54. The highest BCUT2D eigenvalue weighted by Crippen LogP contribution is 2.37. The van der Waals surface area contributed by atoms with Crippen LogP contribution in [0.25, 0.3) is 0 Å². The summed E-state index contributed by atoms with van der Waals surface area (Å²) in [4.78, 5) is 46.8. The summed E-state index contributed by atoms with van der Waals surface area (Å²) >= 11 is 0. The molecule has 1 aromatic rings. The zero-order chi connectivity index (χ0) is 24.1. The molecule has 3 rings (SSSR count). The van der Waals surface area contributed by atoms with Gasteiger partial charge in [-0.1, -0.05) is 0 Å². The Kier molecular flexibility index (Phi) is 7.59. The second-order valence-electron chi connectivity index (χ2n) is 7.20. The molecule has 0 radical (unpaired) electrons. The maximum absolute atomic E-state index is 11.8. The molecule has 1 aromatic carbocycles. The first-order chi connectivity index (χ1) is 15.6. The number of benzene rings is 1. The maximum Gasteiger partial charge on any atom is 0.303 e. The Morgan fingerprint density at radius 2 is 1.42 bits per heavy atom. The van der Waals surface area contributed by atoms with E-state index in [2.05, 4.69) is 0 Å². The minimum atomic E-state index is -1.33. The van der Waals surface area contributed by atoms with Crippen LogP contribution in [0.2, 0.25) is 0 Å². The lowest BCUT2D eigenvalue weighted by atomic mass is 9.98. The Morgan fingerprint density at radius 3 is 2.06 bits per heavy atom. The Bertz CT molecular complexity index is 913. The summed E-state index contributed by atoms with van der Waals surface area (Å²) in [7, 11) is 0. The van der Waals surface area contributed by atoms with Gasteiger partial charge in [0.1, 0.15) is 18.5 Å². The molecule has 0 aliphatic carbocycles. The van der Waals surface area contributed by atoms with Crippen molar-refractivity contribution in [1.29, 1.82) is 0 Å². The van der Waals surface area contributed by atoms with E-state index < -0.39 is 54.6 Å². The number of fused-ring (bicyclic) bond motifs is 1. The summed E-state index contributed by atoms with van der Waals surface area (Å²) in [6.45, 7) is 4.32. The van der Waals surface area contributed by atoms with E-state index >= 15 is 0 Å². The molecule has 0 bridgehead atoms. The zero-order valence-electron chi connectivity index (χ0n) is 18.4. The van der Waals surface area contributed by atoms with Crippen molar-refractivity contribution >= 4 is 23.9 Å². The minimum absolute atomic E-state index is 0.0534. The molecule has 2 aliphatic heterocycles. The predicted molar refractivity (Wildman–Crippen MR) is 105 cm³/mol. The Labute approximate surface area is 188 Å². The van der Waals surface area contributed by atoms with E-state index in [1.807, 2.05) is 0 Å². The number of esters is 4. The summed E-state index contributed by atoms with van der Waals surface area (Å²) in [6, 6.07) is 4.72. The van der Waals surface area contributed by atoms with Crippen LogP contribution in [0.4, 0.5) is 0 Å². The van der Waals surface area contributed by atoms with Gasteiger partial charge in [-0.15, -0.1) is 0 Å². The smallest absolute Gasteiger partial charge is 0.303 e. The van der Waals surface area contributed by atoms with Gasteiger partial charge in [0, 0.05) is 33.8 Å². The average Bonchev–Trinajstić information content (AvgIpc) is 3.18. The summed E-state index contributed by atoms with van der Waals surface area (Å²) in [5.41, 5.74) is 0. The topological polar surface area (TPSA) is 142 Å². The van der Waals surface area contributed by atoms with E-state index in [1.165, 1.54) is 13.0 Å². The van der Waals surface area contributed by atoms with Crippen LogP contribution in [0.5, 0.6) is 17.2 Å². The monoisotopic (exact) mass is 468 g/mol. The minimum Gasteiger partial charge on any atom is -0.463 e. The molecule has 2 aliphatic rings. The van der Waals surface area contributed by atoms with E-state index in [0.29, 0.717) is 11.5 Å². The molecule has 12 heteroatoms. The molecule has 12 nitrogen and oxygen atoms in total. The van der Waals surface area contributed by atoms with Crippen LogP contribution >= 0.6 is 0 Å². The maximum atomic E-state index is 11.8. The molecular weight excluding hydrogens is 444 g/mol. The molecule has 180 valence electrons. The lowest BCUT2D eigenvalue weighted by molar-refractivity contribution is -0.288. The first-order valence-electron chi connectivity index (χ1n) is 10.0. The van der Waals surface area contributed by atoms with Crippen LogP contribution in [0.1, 0.15) is 27.7 Å². The Balaban J connectivity index is 1.95. The molecule has 0 saturated carbocycles. The van der Waals surface area contributed by atoms with Crippen LogP contribution in [-0.2, 0) is 42.9 Å². The first kappa shape index (κ1) is 24.1. The van der Waals surface area contributed by atoms with E-state index in [4.69, 9.17) is 37.9 Å². The van der Waals surface area contributed by atoms with E-state index in [0.717, 1.165) is 20.8 Å². The number of rotatable bonds is 7. The van der Waals surface area contributed by atoms with Gasteiger partial charge in [-0.3, -0.25) is 19.2 Å². The largest absolute Gasteiger partial charge is 0.463 e. The summed E-state index contributed by atoms with van der Waals surface area (Å²) in [6.07, 6.45) is -6.33. The lowest BCUT2D eigenvalue weighted by Gasteiger charge is -2.43. The SMILES string of the molecule is CC(=O)OC[C@H]1OC(Oc2ccc3c(c2)OCO3)[C@H](OC(C)=O)[C@@H](OC(C)=O)[C@@H]1OC(C)=O. The molecular formula is C21H24O12. The first-order valence-corrected chi connectivity index (χ1v) is 10.0. The van der Waals surface area contributed by atoms with Crippen molar-refractivity contribution in [3.8, 4) is 17.2 Å².